The number of aryl methyl sites for hydroxylation is 1. The van der Waals surface area contributed by atoms with E-state index < -0.39 is 0 Å². The molecule has 2 amide bonds. The standard InChI is InChI=1S/C18H19ClN2O3S/c1-24-12-8-6-11(7-9-12)20-17(23)16-13-4-2-3-5-14(13)25-18(16)21-15(22)10-19/h6-9H,2-5,10H2,1H3,(H,20,23)(H,21,22). The average molecular weight is 379 g/mol. The third kappa shape index (κ3) is 3.96. The first-order valence-electron chi connectivity index (χ1n) is 8.08. The van der Waals surface area contributed by atoms with Crippen LogP contribution in [0.3, 0.4) is 0 Å². The van der Waals surface area contributed by atoms with Gasteiger partial charge in [-0.1, -0.05) is 0 Å². The van der Waals surface area contributed by atoms with E-state index >= 15 is 0 Å². The minimum Gasteiger partial charge on any atom is -0.497 e. The number of rotatable bonds is 5. The first-order chi connectivity index (χ1) is 12.1. The average Bonchev–Trinajstić information content (AvgIpc) is 3.00. The zero-order valence-electron chi connectivity index (χ0n) is 13.9. The van der Waals surface area contributed by atoms with Gasteiger partial charge in [0.25, 0.3) is 5.91 Å². The second-order valence-corrected chi connectivity index (χ2v) is 7.15. The molecule has 2 N–H and O–H groups in total. The Balaban J connectivity index is 1.89. The van der Waals surface area contributed by atoms with Gasteiger partial charge in [-0.05, 0) is 55.5 Å². The number of fused-ring (bicyclic) bond motifs is 1. The fraction of sp³-hybridized carbons (Fsp3) is 0.333. The Kier molecular flexibility index (Phi) is 5.60. The van der Waals surface area contributed by atoms with Crippen molar-refractivity contribution in [3.05, 3.63) is 40.3 Å². The van der Waals surface area contributed by atoms with Crippen LogP contribution in [0.25, 0.3) is 0 Å². The van der Waals surface area contributed by atoms with Gasteiger partial charge in [0.05, 0.1) is 12.7 Å². The van der Waals surface area contributed by atoms with E-state index in [9.17, 15) is 9.59 Å². The topological polar surface area (TPSA) is 67.4 Å². The molecule has 1 aliphatic carbocycles. The van der Waals surface area contributed by atoms with Crippen molar-refractivity contribution in [1.29, 1.82) is 0 Å². The molecular weight excluding hydrogens is 360 g/mol. The zero-order valence-corrected chi connectivity index (χ0v) is 15.4. The lowest BCUT2D eigenvalue weighted by Gasteiger charge is -2.13. The van der Waals surface area contributed by atoms with Gasteiger partial charge < -0.3 is 15.4 Å². The summed E-state index contributed by atoms with van der Waals surface area (Å²) in [5.41, 5.74) is 2.29. The summed E-state index contributed by atoms with van der Waals surface area (Å²) in [7, 11) is 1.59. The lowest BCUT2D eigenvalue weighted by atomic mass is 9.95. The fourth-order valence-corrected chi connectivity index (χ4v) is 4.29. The van der Waals surface area contributed by atoms with Crippen molar-refractivity contribution >= 4 is 45.4 Å². The number of carbonyl (C=O) groups is 2. The number of anilines is 2. The van der Waals surface area contributed by atoms with Crippen LogP contribution in [0, 0.1) is 0 Å². The number of hydrogen-bond acceptors (Lipinski definition) is 4. The minimum atomic E-state index is -0.307. The molecule has 0 saturated heterocycles. The highest BCUT2D eigenvalue weighted by Gasteiger charge is 2.26. The van der Waals surface area contributed by atoms with Crippen LogP contribution in [-0.4, -0.2) is 24.8 Å². The SMILES string of the molecule is COc1ccc(NC(=O)c2c(NC(=O)CCl)sc3c2CCCC3)cc1. The van der Waals surface area contributed by atoms with E-state index in [-0.39, 0.29) is 17.7 Å². The van der Waals surface area contributed by atoms with Crippen molar-refractivity contribution in [1.82, 2.24) is 0 Å². The molecule has 0 aliphatic heterocycles. The van der Waals surface area contributed by atoms with E-state index in [0.29, 0.717) is 16.3 Å². The molecule has 1 aromatic heterocycles. The van der Waals surface area contributed by atoms with Gasteiger partial charge in [0.2, 0.25) is 5.91 Å². The summed E-state index contributed by atoms with van der Waals surface area (Å²) >= 11 is 7.08. The van der Waals surface area contributed by atoms with Gasteiger partial charge in [0.15, 0.2) is 0 Å². The Morgan fingerprint density at radius 1 is 1.16 bits per heavy atom. The van der Waals surface area contributed by atoms with Gasteiger partial charge in [-0.15, -0.1) is 22.9 Å². The molecule has 2 aromatic rings. The smallest absolute Gasteiger partial charge is 0.258 e. The zero-order chi connectivity index (χ0) is 17.8. The number of hydrogen-bond donors (Lipinski definition) is 2. The highest BCUT2D eigenvalue weighted by molar-refractivity contribution is 7.17. The molecule has 132 valence electrons. The third-order valence-electron chi connectivity index (χ3n) is 4.12. The predicted octanol–water partition coefficient (Wildman–Crippen LogP) is 4.07. The van der Waals surface area contributed by atoms with Crippen LogP contribution in [0.4, 0.5) is 10.7 Å². The second-order valence-electron chi connectivity index (χ2n) is 5.78. The number of carbonyl (C=O) groups excluding carboxylic acids is 2. The molecule has 3 rings (SSSR count). The van der Waals surface area contributed by atoms with Gasteiger partial charge in [0.1, 0.15) is 16.6 Å². The first-order valence-corrected chi connectivity index (χ1v) is 9.43. The number of halogens is 1. The first kappa shape index (κ1) is 17.8. The van der Waals surface area contributed by atoms with Gasteiger partial charge in [0, 0.05) is 10.6 Å². The summed E-state index contributed by atoms with van der Waals surface area (Å²) < 4.78 is 5.12. The number of thiophene rings is 1. The molecule has 0 bridgehead atoms. The number of amides is 2. The quantitative estimate of drug-likeness (QED) is 0.771. The highest BCUT2D eigenvalue weighted by Crippen LogP contribution is 2.38. The van der Waals surface area contributed by atoms with Crippen LogP contribution in [0.5, 0.6) is 5.75 Å². The number of ether oxygens (including phenoxy) is 1. The van der Waals surface area contributed by atoms with Crippen molar-refractivity contribution in [2.75, 3.05) is 23.6 Å². The maximum atomic E-state index is 12.9. The van der Waals surface area contributed by atoms with E-state index in [0.717, 1.165) is 37.0 Å². The van der Waals surface area contributed by atoms with Crippen molar-refractivity contribution < 1.29 is 14.3 Å². The Morgan fingerprint density at radius 2 is 1.88 bits per heavy atom. The minimum absolute atomic E-state index is 0.137. The van der Waals surface area contributed by atoms with E-state index in [2.05, 4.69) is 10.6 Å². The highest BCUT2D eigenvalue weighted by atomic mass is 35.5. The molecule has 0 saturated carbocycles. The summed E-state index contributed by atoms with van der Waals surface area (Å²) in [6.45, 7) is 0. The number of benzene rings is 1. The van der Waals surface area contributed by atoms with Crippen LogP contribution in [0.2, 0.25) is 0 Å². The Bertz CT molecular complexity index is 786. The summed E-state index contributed by atoms with van der Waals surface area (Å²) in [5, 5.41) is 6.26. The summed E-state index contributed by atoms with van der Waals surface area (Å²) in [5.74, 6) is 0.0661. The summed E-state index contributed by atoms with van der Waals surface area (Å²) in [4.78, 5) is 25.8. The third-order valence-corrected chi connectivity index (χ3v) is 5.57. The predicted molar refractivity (Wildman–Crippen MR) is 101 cm³/mol. The molecule has 7 heteroatoms. The number of nitrogens with one attached hydrogen (secondary N) is 2. The molecule has 0 fully saturated rings. The van der Waals surface area contributed by atoms with Gasteiger partial charge in [-0.2, -0.15) is 0 Å². The molecule has 5 nitrogen and oxygen atoms in total. The molecule has 0 atom stereocenters. The monoisotopic (exact) mass is 378 g/mol. The van der Waals surface area contributed by atoms with Crippen LogP contribution in [0.15, 0.2) is 24.3 Å². The summed E-state index contributed by atoms with van der Waals surface area (Å²) in [6, 6.07) is 7.14. The molecular formula is C18H19ClN2O3S. The van der Waals surface area contributed by atoms with Gasteiger partial charge >= 0.3 is 0 Å². The Hall–Kier alpha value is -2.05. The Morgan fingerprint density at radius 3 is 2.56 bits per heavy atom. The molecule has 0 unspecified atom stereocenters. The van der Waals surface area contributed by atoms with E-state index in [1.807, 2.05) is 0 Å². The molecule has 1 heterocycles. The normalized spacial score (nSPS) is 13.0. The fourth-order valence-electron chi connectivity index (χ4n) is 2.92. The Labute approximate surface area is 155 Å². The maximum Gasteiger partial charge on any atom is 0.258 e. The van der Waals surface area contributed by atoms with Crippen LogP contribution in [0.1, 0.15) is 33.6 Å². The van der Waals surface area contributed by atoms with E-state index in [4.69, 9.17) is 16.3 Å². The molecule has 25 heavy (non-hydrogen) atoms. The lowest BCUT2D eigenvalue weighted by Crippen LogP contribution is -2.19. The molecule has 0 radical (unpaired) electrons. The van der Waals surface area contributed by atoms with Crippen LogP contribution in [-0.2, 0) is 17.6 Å². The van der Waals surface area contributed by atoms with E-state index in [1.54, 1.807) is 31.4 Å². The van der Waals surface area contributed by atoms with Crippen molar-refractivity contribution in [3.63, 3.8) is 0 Å². The molecule has 1 aromatic carbocycles. The van der Waals surface area contributed by atoms with Crippen molar-refractivity contribution in [2.45, 2.75) is 25.7 Å². The van der Waals surface area contributed by atoms with Crippen molar-refractivity contribution in [3.8, 4) is 5.75 Å². The van der Waals surface area contributed by atoms with Gasteiger partial charge in [-0.3, -0.25) is 9.59 Å². The lowest BCUT2D eigenvalue weighted by molar-refractivity contribution is -0.113. The second kappa shape index (κ2) is 7.89. The molecule has 0 spiro atoms. The van der Waals surface area contributed by atoms with Crippen molar-refractivity contribution in [2.24, 2.45) is 0 Å². The van der Waals surface area contributed by atoms with Crippen LogP contribution >= 0.6 is 22.9 Å². The summed E-state index contributed by atoms with van der Waals surface area (Å²) in [6.07, 6.45) is 3.96. The largest absolute Gasteiger partial charge is 0.497 e. The number of alkyl halides is 1. The number of methoxy groups -OCH3 is 1. The maximum absolute atomic E-state index is 12.9. The van der Waals surface area contributed by atoms with Gasteiger partial charge in [-0.25, -0.2) is 0 Å². The molecule has 1 aliphatic rings. The van der Waals surface area contributed by atoms with Crippen LogP contribution < -0.4 is 15.4 Å². The van der Waals surface area contributed by atoms with E-state index in [1.165, 1.54) is 16.2 Å².